The molecular formula is C26H24F2N4O3. The van der Waals surface area contributed by atoms with E-state index >= 15 is 0 Å². The summed E-state index contributed by atoms with van der Waals surface area (Å²) < 4.78 is 35.6. The van der Waals surface area contributed by atoms with Crippen LogP contribution in [0.4, 0.5) is 8.78 Å². The third kappa shape index (κ3) is 3.86. The molecule has 35 heavy (non-hydrogen) atoms. The van der Waals surface area contributed by atoms with E-state index in [1.165, 1.54) is 6.92 Å². The quantitative estimate of drug-likeness (QED) is 0.530. The molecule has 1 atom stereocenters. The van der Waals surface area contributed by atoms with Gasteiger partial charge in [-0.15, -0.1) is 0 Å². The predicted molar refractivity (Wildman–Crippen MR) is 126 cm³/mol. The number of ether oxygens (including phenoxy) is 1. The van der Waals surface area contributed by atoms with E-state index in [4.69, 9.17) is 9.57 Å². The minimum atomic E-state index is -1.71. The Morgan fingerprint density at radius 2 is 1.97 bits per heavy atom. The zero-order valence-electron chi connectivity index (χ0n) is 19.6. The maximum absolute atomic E-state index is 14.0. The third-order valence-electron chi connectivity index (χ3n) is 6.28. The van der Waals surface area contributed by atoms with Crippen LogP contribution in [0, 0.1) is 18.6 Å². The molecule has 1 fully saturated rings. The number of ketones is 1. The van der Waals surface area contributed by atoms with Gasteiger partial charge in [-0.25, -0.2) is 13.8 Å². The number of imidazole rings is 1. The highest BCUT2D eigenvalue weighted by Crippen LogP contribution is 2.41. The Labute approximate surface area is 201 Å². The van der Waals surface area contributed by atoms with Gasteiger partial charge in [-0.1, -0.05) is 11.2 Å². The Kier molecular flexibility index (Phi) is 5.62. The molecule has 1 aromatic heterocycles. The normalized spacial score (nSPS) is 20.4. The van der Waals surface area contributed by atoms with Crippen LogP contribution < -0.4 is 4.74 Å². The van der Waals surface area contributed by atoms with Gasteiger partial charge in [-0.3, -0.25) is 4.79 Å². The molecule has 1 saturated heterocycles. The van der Waals surface area contributed by atoms with Crippen molar-refractivity contribution in [3.63, 3.8) is 0 Å². The summed E-state index contributed by atoms with van der Waals surface area (Å²) in [5.74, 6) is -0.840. The molecule has 2 aliphatic rings. The number of methoxy groups -OCH3 is 1. The molecule has 0 N–H and O–H groups in total. The van der Waals surface area contributed by atoms with Crippen molar-refractivity contribution in [2.75, 3.05) is 13.7 Å². The molecule has 1 unspecified atom stereocenters. The van der Waals surface area contributed by atoms with Crippen LogP contribution in [0.15, 0.2) is 59.7 Å². The molecular weight excluding hydrogens is 454 g/mol. The van der Waals surface area contributed by atoms with Crippen LogP contribution in [0.3, 0.4) is 0 Å². The molecule has 3 heterocycles. The van der Waals surface area contributed by atoms with Gasteiger partial charge < -0.3 is 19.0 Å². The molecule has 0 amide bonds. The number of aromatic nitrogens is 2. The van der Waals surface area contributed by atoms with Gasteiger partial charge in [-0.05, 0) is 61.2 Å². The summed E-state index contributed by atoms with van der Waals surface area (Å²) >= 11 is 0. The number of carbonyl (C=O) groups is 1. The van der Waals surface area contributed by atoms with Crippen molar-refractivity contribution in [3.8, 4) is 11.4 Å². The standard InChI is InChI=1S/C26H24F2N4O3/c1-16-14-31(15-29-16)23-7-6-18(10-24(23)34-3)9-19-5-4-8-32-25(19)30-35-26(32,17(2)33)20-11-21(27)13-22(28)12-20/h6-7,9-15H,4-5,8H2,1-3H3/b19-9+. The molecule has 9 heteroatoms. The Balaban J connectivity index is 1.51. The number of hydrogen-bond donors (Lipinski definition) is 0. The smallest absolute Gasteiger partial charge is 0.295 e. The Morgan fingerprint density at radius 3 is 2.63 bits per heavy atom. The summed E-state index contributed by atoms with van der Waals surface area (Å²) in [4.78, 5) is 24.5. The highest BCUT2D eigenvalue weighted by atomic mass is 19.1. The highest BCUT2D eigenvalue weighted by Gasteiger charge is 2.53. The maximum Gasteiger partial charge on any atom is 0.295 e. The van der Waals surface area contributed by atoms with Crippen molar-refractivity contribution < 1.29 is 23.1 Å². The second kappa shape index (κ2) is 8.65. The van der Waals surface area contributed by atoms with Gasteiger partial charge >= 0.3 is 0 Å². The summed E-state index contributed by atoms with van der Waals surface area (Å²) in [6.07, 6.45) is 7.02. The summed E-state index contributed by atoms with van der Waals surface area (Å²) in [6.45, 7) is 3.71. The second-order valence-corrected chi connectivity index (χ2v) is 8.64. The number of benzene rings is 2. The number of piperidine rings is 1. The van der Waals surface area contributed by atoms with Gasteiger partial charge in [0.05, 0.1) is 24.8 Å². The molecule has 0 bridgehead atoms. The molecule has 180 valence electrons. The summed E-state index contributed by atoms with van der Waals surface area (Å²) in [5.41, 5.74) is 1.84. The fourth-order valence-electron chi connectivity index (χ4n) is 4.70. The van der Waals surface area contributed by atoms with Gasteiger partial charge in [0.2, 0.25) is 5.78 Å². The molecule has 0 aliphatic carbocycles. The lowest BCUT2D eigenvalue weighted by Gasteiger charge is -2.38. The number of oxime groups is 1. The lowest BCUT2D eigenvalue weighted by molar-refractivity contribution is -0.159. The lowest BCUT2D eigenvalue weighted by atomic mass is 9.92. The number of halogens is 2. The van der Waals surface area contributed by atoms with Gasteiger partial charge in [0.1, 0.15) is 17.4 Å². The van der Waals surface area contributed by atoms with E-state index in [1.807, 2.05) is 42.0 Å². The largest absolute Gasteiger partial charge is 0.495 e. The number of Topliss-reactive ketones (excluding diaryl/α,β-unsaturated/α-hetero) is 1. The van der Waals surface area contributed by atoms with Crippen molar-refractivity contribution in [1.29, 1.82) is 0 Å². The number of carbonyl (C=O) groups excluding carboxylic acids is 1. The number of fused-ring (bicyclic) bond motifs is 1. The minimum Gasteiger partial charge on any atom is -0.495 e. The predicted octanol–water partition coefficient (Wildman–Crippen LogP) is 4.73. The second-order valence-electron chi connectivity index (χ2n) is 8.64. The average molecular weight is 478 g/mol. The average Bonchev–Trinajstić information content (AvgIpc) is 3.43. The number of amidine groups is 1. The van der Waals surface area contributed by atoms with Crippen LogP contribution >= 0.6 is 0 Å². The molecule has 0 spiro atoms. The van der Waals surface area contributed by atoms with Crippen LogP contribution in [0.2, 0.25) is 0 Å². The molecule has 3 aromatic rings. The van der Waals surface area contributed by atoms with Crippen molar-refractivity contribution >= 4 is 17.7 Å². The molecule has 5 rings (SSSR count). The first kappa shape index (κ1) is 22.8. The zero-order valence-corrected chi connectivity index (χ0v) is 19.6. The van der Waals surface area contributed by atoms with Crippen molar-refractivity contribution in [2.24, 2.45) is 5.16 Å². The summed E-state index contributed by atoms with van der Waals surface area (Å²) in [5, 5.41) is 4.22. The number of hydrogen-bond acceptors (Lipinski definition) is 6. The fourth-order valence-corrected chi connectivity index (χ4v) is 4.70. The van der Waals surface area contributed by atoms with Crippen LogP contribution in [0.25, 0.3) is 11.8 Å². The first-order chi connectivity index (χ1) is 16.8. The van der Waals surface area contributed by atoms with Gasteiger partial charge in [0.15, 0.2) is 5.84 Å². The first-order valence-corrected chi connectivity index (χ1v) is 11.2. The lowest BCUT2D eigenvalue weighted by Crippen LogP contribution is -2.53. The van der Waals surface area contributed by atoms with Crippen molar-refractivity contribution in [1.82, 2.24) is 14.5 Å². The first-order valence-electron chi connectivity index (χ1n) is 11.2. The fraction of sp³-hybridized carbons (Fsp3) is 0.269. The molecule has 2 aliphatic heterocycles. The molecule has 0 saturated carbocycles. The Hall–Kier alpha value is -4.01. The number of nitrogens with zero attached hydrogens (tertiary/aromatic N) is 4. The van der Waals surface area contributed by atoms with Gasteiger partial charge in [0, 0.05) is 31.3 Å². The summed E-state index contributed by atoms with van der Waals surface area (Å²) in [6, 6.07) is 8.79. The van der Waals surface area contributed by atoms with Crippen molar-refractivity contribution in [3.05, 3.63) is 83.0 Å². The van der Waals surface area contributed by atoms with Crippen LogP contribution in [-0.2, 0) is 15.4 Å². The zero-order chi connectivity index (χ0) is 24.7. The van der Waals surface area contributed by atoms with E-state index in [2.05, 4.69) is 10.1 Å². The maximum atomic E-state index is 14.0. The van der Waals surface area contributed by atoms with Crippen LogP contribution in [0.1, 0.15) is 36.6 Å². The Bertz CT molecular complexity index is 1360. The van der Waals surface area contributed by atoms with Gasteiger partial charge in [0.25, 0.3) is 5.72 Å². The third-order valence-corrected chi connectivity index (χ3v) is 6.28. The van der Waals surface area contributed by atoms with E-state index in [0.29, 0.717) is 31.0 Å². The van der Waals surface area contributed by atoms with Crippen molar-refractivity contribution in [2.45, 2.75) is 32.4 Å². The molecule has 7 nitrogen and oxygen atoms in total. The van der Waals surface area contributed by atoms with E-state index in [0.717, 1.165) is 40.7 Å². The molecule has 2 aromatic carbocycles. The molecule has 0 radical (unpaired) electrons. The van der Waals surface area contributed by atoms with Crippen LogP contribution in [-0.4, -0.2) is 39.7 Å². The van der Waals surface area contributed by atoms with Gasteiger partial charge in [-0.2, -0.15) is 0 Å². The minimum absolute atomic E-state index is 0.0733. The SMILES string of the molecule is COc1cc(/C=C2\CCCN3C2=NOC3(C(C)=O)c2cc(F)cc(F)c2)ccc1-n1cnc(C)c1. The topological polar surface area (TPSA) is 69.0 Å². The number of rotatable bonds is 5. The number of aryl methyl sites for hydroxylation is 1. The van der Waals surface area contributed by atoms with E-state index in [1.54, 1.807) is 18.3 Å². The van der Waals surface area contributed by atoms with E-state index in [-0.39, 0.29) is 5.56 Å². The monoisotopic (exact) mass is 478 g/mol. The van der Waals surface area contributed by atoms with E-state index in [9.17, 15) is 13.6 Å². The Morgan fingerprint density at radius 1 is 1.20 bits per heavy atom. The van der Waals surface area contributed by atoms with E-state index < -0.39 is 23.1 Å². The van der Waals surface area contributed by atoms with Crippen LogP contribution in [0.5, 0.6) is 5.75 Å². The summed E-state index contributed by atoms with van der Waals surface area (Å²) in [7, 11) is 1.61. The highest BCUT2D eigenvalue weighted by molar-refractivity contribution is 6.06.